The lowest BCUT2D eigenvalue weighted by molar-refractivity contribution is -0.142. The van der Waals surface area contributed by atoms with E-state index in [1.54, 1.807) is 6.20 Å². The minimum absolute atomic E-state index is 0.191. The molecular formula is C21H23N3O3S. The van der Waals surface area contributed by atoms with Crippen LogP contribution >= 0.6 is 11.3 Å². The van der Waals surface area contributed by atoms with E-state index in [2.05, 4.69) is 35.4 Å². The molecule has 1 aliphatic heterocycles. The number of carbonyl (C=O) groups excluding carboxylic acids is 3. The number of benzene rings is 1. The van der Waals surface area contributed by atoms with Crippen LogP contribution in [0.1, 0.15) is 41.7 Å². The van der Waals surface area contributed by atoms with Gasteiger partial charge < -0.3 is 5.32 Å². The smallest absolute Gasteiger partial charge is 0.246 e. The monoisotopic (exact) mass is 397 g/mol. The Morgan fingerprint density at radius 3 is 2.61 bits per heavy atom. The van der Waals surface area contributed by atoms with Gasteiger partial charge in [-0.1, -0.05) is 42.7 Å². The molecule has 0 bridgehead atoms. The van der Waals surface area contributed by atoms with Crippen molar-refractivity contribution in [1.29, 1.82) is 0 Å². The van der Waals surface area contributed by atoms with Gasteiger partial charge in [0.05, 0.1) is 11.8 Å². The predicted octanol–water partition coefficient (Wildman–Crippen LogP) is 3.16. The maximum atomic E-state index is 12.5. The maximum Gasteiger partial charge on any atom is 0.246 e. The van der Waals surface area contributed by atoms with Crippen molar-refractivity contribution in [3.8, 4) is 0 Å². The van der Waals surface area contributed by atoms with Gasteiger partial charge in [0.2, 0.25) is 17.7 Å². The summed E-state index contributed by atoms with van der Waals surface area (Å²) in [6.45, 7) is 1.83. The molecule has 146 valence electrons. The van der Waals surface area contributed by atoms with E-state index in [4.69, 9.17) is 0 Å². The van der Waals surface area contributed by atoms with Gasteiger partial charge >= 0.3 is 0 Å². The van der Waals surface area contributed by atoms with Gasteiger partial charge in [-0.05, 0) is 25.3 Å². The maximum absolute atomic E-state index is 12.5. The van der Waals surface area contributed by atoms with E-state index >= 15 is 0 Å². The topological polar surface area (TPSA) is 79.4 Å². The Morgan fingerprint density at radius 2 is 1.93 bits per heavy atom. The Kier molecular flexibility index (Phi) is 5.26. The molecule has 2 atom stereocenters. The zero-order valence-electron chi connectivity index (χ0n) is 15.8. The molecule has 1 aromatic heterocycles. The highest BCUT2D eigenvalue weighted by Gasteiger charge is 2.48. The van der Waals surface area contributed by atoms with E-state index in [0.717, 1.165) is 41.9 Å². The Hall–Kier alpha value is -2.54. The third-order valence-electron chi connectivity index (χ3n) is 5.49. The summed E-state index contributed by atoms with van der Waals surface area (Å²) in [6.07, 6.45) is 5.96. The molecule has 1 saturated carbocycles. The van der Waals surface area contributed by atoms with E-state index < -0.39 is 0 Å². The highest BCUT2D eigenvalue weighted by atomic mass is 32.1. The number of aryl methyl sites for hydroxylation is 1. The second-order valence-corrected chi connectivity index (χ2v) is 8.72. The van der Waals surface area contributed by atoms with Gasteiger partial charge in [0.1, 0.15) is 6.54 Å². The molecule has 1 N–H and O–H groups in total. The molecule has 4 rings (SSSR count). The zero-order valence-corrected chi connectivity index (χ0v) is 16.6. The Balaban J connectivity index is 1.36. The van der Waals surface area contributed by atoms with Gasteiger partial charge in [-0.25, -0.2) is 4.98 Å². The fourth-order valence-corrected chi connectivity index (χ4v) is 5.02. The van der Waals surface area contributed by atoms with Crippen molar-refractivity contribution < 1.29 is 14.4 Å². The van der Waals surface area contributed by atoms with Gasteiger partial charge in [-0.3, -0.25) is 19.3 Å². The number of hydrogen-bond acceptors (Lipinski definition) is 5. The van der Waals surface area contributed by atoms with Crippen LogP contribution < -0.4 is 5.32 Å². The average Bonchev–Trinajstić information content (AvgIpc) is 3.20. The molecule has 0 radical (unpaired) electrons. The van der Waals surface area contributed by atoms with E-state index in [9.17, 15) is 14.4 Å². The first-order chi connectivity index (χ1) is 13.5. The Morgan fingerprint density at radius 1 is 1.21 bits per heavy atom. The molecule has 0 unspecified atom stereocenters. The van der Waals surface area contributed by atoms with Gasteiger partial charge in [-0.15, -0.1) is 11.3 Å². The number of anilines is 1. The highest BCUT2D eigenvalue weighted by molar-refractivity contribution is 7.15. The Bertz CT molecular complexity index is 899. The number of nitrogens with zero attached hydrogens (tertiary/aromatic N) is 2. The van der Waals surface area contributed by atoms with Crippen LogP contribution in [0.3, 0.4) is 0 Å². The SMILES string of the molecule is Cc1cccc(Cc2cnc(NC(=O)CN3C(=O)[C@H]4CCCC[C@H]4C3=O)s2)c1. The molecule has 1 saturated heterocycles. The van der Waals surface area contributed by atoms with Gasteiger partial charge in [0, 0.05) is 17.5 Å². The number of hydrogen-bond donors (Lipinski definition) is 1. The minimum atomic E-state index is -0.378. The zero-order chi connectivity index (χ0) is 19.7. The molecule has 2 heterocycles. The lowest BCUT2D eigenvalue weighted by Crippen LogP contribution is -2.38. The summed E-state index contributed by atoms with van der Waals surface area (Å²) in [5.41, 5.74) is 2.40. The number of rotatable bonds is 5. The van der Waals surface area contributed by atoms with Crippen LogP contribution in [0.2, 0.25) is 0 Å². The second kappa shape index (κ2) is 7.83. The molecule has 2 fully saturated rings. The number of carbonyl (C=O) groups is 3. The van der Waals surface area contributed by atoms with E-state index in [-0.39, 0.29) is 36.1 Å². The first-order valence-electron chi connectivity index (χ1n) is 9.66. The standard InChI is InChI=1S/C21H23N3O3S/c1-13-5-4-6-14(9-13)10-15-11-22-21(28-15)23-18(25)12-24-19(26)16-7-2-3-8-17(16)20(24)27/h4-6,9,11,16-17H,2-3,7-8,10,12H2,1H3,(H,22,23,25)/t16-,17+. The molecule has 3 amide bonds. The average molecular weight is 398 g/mol. The number of imide groups is 1. The number of nitrogens with one attached hydrogen (secondary N) is 1. The molecule has 1 aliphatic carbocycles. The van der Waals surface area contributed by atoms with Crippen LogP contribution in [-0.4, -0.2) is 34.2 Å². The quantitative estimate of drug-likeness (QED) is 0.786. The number of thiazole rings is 1. The largest absolute Gasteiger partial charge is 0.300 e. The summed E-state index contributed by atoms with van der Waals surface area (Å²) in [5, 5.41) is 3.22. The van der Waals surface area contributed by atoms with Crippen molar-refractivity contribution >= 4 is 34.2 Å². The van der Waals surface area contributed by atoms with Crippen LogP contribution in [0, 0.1) is 18.8 Å². The van der Waals surface area contributed by atoms with Crippen LogP contribution in [0.15, 0.2) is 30.5 Å². The van der Waals surface area contributed by atoms with Crippen molar-refractivity contribution in [2.45, 2.75) is 39.0 Å². The van der Waals surface area contributed by atoms with Gasteiger partial charge in [0.25, 0.3) is 0 Å². The second-order valence-electron chi connectivity index (χ2n) is 7.61. The number of likely N-dealkylation sites (tertiary alicyclic amines) is 1. The fraction of sp³-hybridized carbons (Fsp3) is 0.429. The molecule has 2 aromatic rings. The van der Waals surface area contributed by atoms with Crippen LogP contribution in [0.25, 0.3) is 0 Å². The van der Waals surface area contributed by atoms with E-state index in [0.29, 0.717) is 5.13 Å². The summed E-state index contributed by atoms with van der Waals surface area (Å²) in [5.74, 6) is -1.21. The first kappa shape index (κ1) is 18.8. The van der Waals surface area contributed by atoms with Crippen molar-refractivity contribution in [3.63, 3.8) is 0 Å². The Labute approximate surface area is 168 Å². The van der Waals surface area contributed by atoms with Crippen molar-refractivity contribution in [1.82, 2.24) is 9.88 Å². The first-order valence-corrected chi connectivity index (χ1v) is 10.5. The summed E-state index contributed by atoms with van der Waals surface area (Å²) < 4.78 is 0. The lowest BCUT2D eigenvalue weighted by atomic mass is 9.81. The van der Waals surface area contributed by atoms with Crippen LogP contribution in [0.5, 0.6) is 0 Å². The molecule has 2 aliphatic rings. The number of amides is 3. The number of aromatic nitrogens is 1. The molecule has 0 spiro atoms. The van der Waals surface area contributed by atoms with Crippen LogP contribution in [0.4, 0.5) is 5.13 Å². The molecule has 28 heavy (non-hydrogen) atoms. The van der Waals surface area contributed by atoms with Crippen molar-refractivity contribution in [3.05, 3.63) is 46.5 Å². The molecule has 1 aromatic carbocycles. The summed E-state index contributed by atoms with van der Waals surface area (Å²) in [4.78, 5) is 43.8. The molecule has 7 heteroatoms. The van der Waals surface area contributed by atoms with E-state index in [1.807, 2.05) is 6.07 Å². The number of fused-ring (bicyclic) bond motifs is 1. The highest BCUT2D eigenvalue weighted by Crippen LogP contribution is 2.37. The third-order valence-corrected chi connectivity index (χ3v) is 6.41. The fourth-order valence-electron chi connectivity index (χ4n) is 4.16. The van der Waals surface area contributed by atoms with E-state index in [1.165, 1.54) is 22.5 Å². The van der Waals surface area contributed by atoms with Crippen molar-refractivity contribution in [2.24, 2.45) is 11.8 Å². The summed E-state index contributed by atoms with van der Waals surface area (Å²) in [7, 11) is 0. The molecular weight excluding hydrogens is 374 g/mol. The normalized spacial score (nSPS) is 21.7. The predicted molar refractivity (Wildman–Crippen MR) is 107 cm³/mol. The minimum Gasteiger partial charge on any atom is -0.300 e. The lowest BCUT2D eigenvalue weighted by Gasteiger charge is -2.19. The van der Waals surface area contributed by atoms with Gasteiger partial charge in [-0.2, -0.15) is 0 Å². The molecule has 6 nitrogen and oxygen atoms in total. The van der Waals surface area contributed by atoms with Gasteiger partial charge in [0.15, 0.2) is 5.13 Å². The summed E-state index contributed by atoms with van der Waals surface area (Å²) >= 11 is 1.41. The van der Waals surface area contributed by atoms with Crippen molar-refractivity contribution in [2.75, 3.05) is 11.9 Å². The third kappa shape index (κ3) is 3.85. The summed E-state index contributed by atoms with van der Waals surface area (Å²) in [6, 6.07) is 8.27. The van der Waals surface area contributed by atoms with Crippen LogP contribution in [-0.2, 0) is 20.8 Å².